The third-order valence-corrected chi connectivity index (χ3v) is 5.73. The van der Waals surface area contributed by atoms with Gasteiger partial charge in [0.2, 0.25) is 0 Å². The molecule has 1 fully saturated rings. The molecule has 0 aliphatic carbocycles. The molecule has 2 aromatic carbocycles. The standard InChI is InChI=1S/C20H25ClN4OS/c1-27-19-7-5-18(6-8-19)25-13-11-24(12-14-25)10-9-22-20(26)23-17-4-2-3-16(21)15-17/h2-8,15H,9-14H2,1H3,(H2,22,23,26)/p+1. The molecule has 0 radical (unpaired) electrons. The van der Waals surface area contributed by atoms with Crippen LogP contribution in [0, 0.1) is 0 Å². The maximum absolute atomic E-state index is 12.0. The van der Waals surface area contributed by atoms with Gasteiger partial charge in [0.25, 0.3) is 0 Å². The summed E-state index contributed by atoms with van der Waals surface area (Å²) in [5.74, 6) is 0. The van der Waals surface area contributed by atoms with Crippen molar-refractivity contribution in [1.29, 1.82) is 0 Å². The number of hydrogen-bond acceptors (Lipinski definition) is 3. The second kappa shape index (κ2) is 9.88. The van der Waals surface area contributed by atoms with Gasteiger partial charge in [0, 0.05) is 21.3 Å². The van der Waals surface area contributed by atoms with E-state index >= 15 is 0 Å². The van der Waals surface area contributed by atoms with E-state index in [1.54, 1.807) is 23.9 Å². The van der Waals surface area contributed by atoms with Gasteiger partial charge >= 0.3 is 6.03 Å². The maximum Gasteiger partial charge on any atom is 0.319 e. The molecule has 2 amide bonds. The number of quaternary nitrogens is 1. The zero-order valence-electron chi connectivity index (χ0n) is 15.5. The number of halogens is 1. The summed E-state index contributed by atoms with van der Waals surface area (Å²) >= 11 is 7.69. The van der Waals surface area contributed by atoms with E-state index in [1.807, 2.05) is 12.1 Å². The number of nitrogens with zero attached hydrogens (tertiary/aromatic N) is 1. The van der Waals surface area contributed by atoms with Crippen molar-refractivity contribution in [3.8, 4) is 0 Å². The predicted octanol–water partition coefficient (Wildman–Crippen LogP) is 2.59. The summed E-state index contributed by atoms with van der Waals surface area (Å²) in [6.07, 6.45) is 2.10. The number of urea groups is 1. The smallest absolute Gasteiger partial charge is 0.319 e. The number of benzene rings is 2. The van der Waals surface area contributed by atoms with Gasteiger partial charge in [-0.1, -0.05) is 17.7 Å². The molecule has 0 spiro atoms. The first-order chi connectivity index (χ1) is 13.1. The van der Waals surface area contributed by atoms with Crippen molar-refractivity contribution in [3.63, 3.8) is 0 Å². The molecule has 3 N–H and O–H groups in total. The van der Waals surface area contributed by atoms with Gasteiger partial charge in [-0.3, -0.25) is 0 Å². The van der Waals surface area contributed by atoms with Gasteiger partial charge in [-0.05, 0) is 48.7 Å². The Morgan fingerprint density at radius 2 is 1.93 bits per heavy atom. The Kier molecular flexibility index (Phi) is 7.26. The molecule has 2 aromatic rings. The van der Waals surface area contributed by atoms with Crippen LogP contribution in [0.15, 0.2) is 53.4 Å². The predicted molar refractivity (Wildman–Crippen MR) is 114 cm³/mol. The van der Waals surface area contributed by atoms with Crippen LogP contribution >= 0.6 is 23.4 Å². The molecular formula is C20H26ClN4OS+. The molecule has 0 unspecified atom stereocenters. The van der Waals surface area contributed by atoms with Crippen molar-refractivity contribution in [3.05, 3.63) is 53.6 Å². The number of carbonyl (C=O) groups is 1. The molecule has 5 nitrogen and oxygen atoms in total. The highest BCUT2D eigenvalue weighted by Gasteiger charge is 2.19. The van der Waals surface area contributed by atoms with Gasteiger partial charge in [-0.2, -0.15) is 0 Å². The first-order valence-electron chi connectivity index (χ1n) is 9.17. The van der Waals surface area contributed by atoms with E-state index in [0.29, 0.717) is 17.3 Å². The largest absolute Gasteiger partial charge is 0.360 e. The molecule has 7 heteroatoms. The number of nitrogens with one attached hydrogen (secondary N) is 3. The fraction of sp³-hybridized carbons (Fsp3) is 0.350. The number of thioether (sulfide) groups is 1. The van der Waals surface area contributed by atoms with Crippen molar-refractivity contribution in [1.82, 2.24) is 5.32 Å². The summed E-state index contributed by atoms with van der Waals surface area (Å²) in [5, 5.41) is 6.34. The van der Waals surface area contributed by atoms with Gasteiger partial charge in [-0.15, -0.1) is 11.8 Å². The average Bonchev–Trinajstić information content (AvgIpc) is 2.69. The topological polar surface area (TPSA) is 48.8 Å². The van der Waals surface area contributed by atoms with E-state index in [4.69, 9.17) is 11.6 Å². The van der Waals surface area contributed by atoms with Crippen LogP contribution in [0.5, 0.6) is 0 Å². The van der Waals surface area contributed by atoms with Gasteiger partial charge in [0.05, 0.1) is 39.3 Å². The number of amides is 2. The number of piperazine rings is 1. The number of rotatable bonds is 6. The van der Waals surface area contributed by atoms with E-state index in [1.165, 1.54) is 15.5 Å². The summed E-state index contributed by atoms with van der Waals surface area (Å²) in [5.41, 5.74) is 2.00. The highest BCUT2D eigenvalue weighted by molar-refractivity contribution is 7.98. The Labute approximate surface area is 170 Å². The van der Waals surface area contributed by atoms with Crippen molar-refractivity contribution in [2.45, 2.75) is 4.90 Å². The second-order valence-electron chi connectivity index (χ2n) is 6.58. The van der Waals surface area contributed by atoms with E-state index in [2.05, 4.69) is 46.1 Å². The van der Waals surface area contributed by atoms with E-state index in [0.717, 1.165) is 32.7 Å². The lowest BCUT2D eigenvalue weighted by molar-refractivity contribution is -0.899. The Morgan fingerprint density at radius 1 is 1.19 bits per heavy atom. The minimum absolute atomic E-state index is 0.191. The van der Waals surface area contributed by atoms with Gasteiger partial charge < -0.3 is 20.4 Å². The molecule has 0 bridgehead atoms. The molecule has 0 saturated carbocycles. The van der Waals surface area contributed by atoms with Crippen LogP contribution in [-0.2, 0) is 0 Å². The van der Waals surface area contributed by atoms with Gasteiger partial charge in [0.15, 0.2) is 0 Å². The lowest BCUT2D eigenvalue weighted by Gasteiger charge is -2.33. The van der Waals surface area contributed by atoms with E-state index in [9.17, 15) is 4.79 Å². The van der Waals surface area contributed by atoms with Crippen LogP contribution in [-0.4, -0.2) is 51.6 Å². The molecule has 144 valence electrons. The van der Waals surface area contributed by atoms with Crippen molar-refractivity contribution in [2.24, 2.45) is 0 Å². The normalized spacial score (nSPS) is 14.8. The summed E-state index contributed by atoms with van der Waals surface area (Å²) in [6, 6.07) is 15.7. The summed E-state index contributed by atoms with van der Waals surface area (Å²) in [7, 11) is 0. The molecule has 27 heavy (non-hydrogen) atoms. The third kappa shape index (κ3) is 6.06. The second-order valence-corrected chi connectivity index (χ2v) is 7.89. The van der Waals surface area contributed by atoms with Crippen molar-refractivity contribution >= 4 is 40.8 Å². The molecule has 0 atom stereocenters. The van der Waals surface area contributed by atoms with Crippen LogP contribution in [0.2, 0.25) is 5.02 Å². The highest BCUT2D eigenvalue weighted by Crippen LogP contribution is 2.20. The molecule has 1 aliphatic heterocycles. The van der Waals surface area contributed by atoms with Crippen LogP contribution in [0.1, 0.15) is 0 Å². The monoisotopic (exact) mass is 405 g/mol. The lowest BCUT2D eigenvalue weighted by atomic mass is 10.2. The maximum atomic E-state index is 12.0. The Morgan fingerprint density at radius 3 is 2.59 bits per heavy atom. The molecule has 1 saturated heterocycles. The summed E-state index contributed by atoms with van der Waals surface area (Å²) < 4.78 is 0. The number of carbonyl (C=O) groups excluding carboxylic acids is 1. The molecular weight excluding hydrogens is 380 g/mol. The number of anilines is 2. The molecule has 0 aromatic heterocycles. The first kappa shape index (κ1) is 19.9. The lowest BCUT2D eigenvalue weighted by Crippen LogP contribution is -3.15. The van der Waals surface area contributed by atoms with Crippen molar-refractivity contribution < 1.29 is 9.69 Å². The highest BCUT2D eigenvalue weighted by atomic mass is 35.5. The minimum atomic E-state index is -0.191. The zero-order chi connectivity index (χ0) is 19.1. The fourth-order valence-electron chi connectivity index (χ4n) is 3.22. The quantitative estimate of drug-likeness (QED) is 0.647. The zero-order valence-corrected chi connectivity index (χ0v) is 17.1. The molecule has 1 aliphatic rings. The Balaban J connectivity index is 1.36. The molecule has 1 heterocycles. The minimum Gasteiger partial charge on any atom is -0.360 e. The van der Waals surface area contributed by atoms with Crippen molar-refractivity contribution in [2.75, 3.05) is 55.7 Å². The van der Waals surface area contributed by atoms with Gasteiger partial charge in [0.1, 0.15) is 0 Å². The van der Waals surface area contributed by atoms with Crippen LogP contribution in [0.4, 0.5) is 16.2 Å². The molecule has 3 rings (SSSR count). The van der Waals surface area contributed by atoms with E-state index in [-0.39, 0.29) is 6.03 Å². The number of hydrogen-bond donors (Lipinski definition) is 3. The first-order valence-corrected chi connectivity index (χ1v) is 10.8. The average molecular weight is 406 g/mol. The summed E-state index contributed by atoms with van der Waals surface area (Å²) in [6.45, 7) is 5.85. The SMILES string of the molecule is CSc1ccc(N2CC[NH+](CCNC(=O)Nc3cccc(Cl)c3)CC2)cc1. The summed E-state index contributed by atoms with van der Waals surface area (Å²) in [4.78, 5) is 17.2. The van der Waals surface area contributed by atoms with Crippen LogP contribution in [0.25, 0.3) is 0 Å². The van der Waals surface area contributed by atoms with Gasteiger partial charge in [-0.25, -0.2) is 4.79 Å². The Hall–Kier alpha value is -1.89. The Bertz CT molecular complexity index is 748. The van der Waals surface area contributed by atoms with E-state index < -0.39 is 0 Å². The third-order valence-electron chi connectivity index (χ3n) is 4.75. The van der Waals surface area contributed by atoms with Crippen LogP contribution in [0.3, 0.4) is 0 Å². The fourth-order valence-corrected chi connectivity index (χ4v) is 3.82. The van der Waals surface area contributed by atoms with Crippen LogP contribution < -0.4 is 20.4 Å².